The molecular formula is C39H64O8. The summed E-state index contributed by atoms with van der Waals surface area (Å²) in [5.41, 5.74) is 6.56. The second-order valence-electron chi connectivity index (χ2n) is 15.6. The quantitative estimate of drug-likeness (QED) is 0.107. The first-order valence-corrected chi connectivity index (χ1v) is 18.2. The van der Waals surface area contributed by atoms with Crippen LogP contribution in [-0.2, 0) is 27.1 Å². The molecule has 3 unspecified atom stereocenters. The van der Waals surface area contributed by atoms with Crippen LogP contribution in [0.5, 0.6) is 5.75 Å². The van der Waals surface area contributed by atoms with Crippen LogP contribution in [0.1, 0.15) is 127 Å². The van der Waals surface area contributed by atoms with Crippen molar-refractivity contribution in [3.05, 3.63) is 39.3 Å². The highest BCUT2D eigenvalue weighted by Crippen LogP contribution is 2.45. The summed E-state index contributed by atoms with van der Waals surface area (Å²) in [7, 11) is 0. The van der Waals surface area contributed by atoms with Crippen LogP contribution in [0.25, 0.3) is 0 Å². The van der Waals surface area contributed by atoms with Gasteiger partial charge < -0.3 is 34.6 Å². The summed E-state index contributed by atoms with van der Waals surface area (Å²) in [4.78, 5) is 11.7. The number of ether oxygens (including phenoxy) is 3. The zero-order chi connectivity index (χ0) is 34.9. The number of benzene rings is 1. The van der Waals surface area contributed by atoms with Gasteiger partial charge in [0.15, 0.2) is 11.9 Å². The second-order valence-corrected chi connectivity index (χ2v) is 15.6. The predicted octanol–water partition coefficient (Wildman–Crippen LogP) is 7.35. The van der Waals surface area contributed by atoms with E-state index in [0.717, 1.165) is 53.9 Å². The van der Waals surface area contributed by atoms with E-state index in [9.17, 15) is 25.2 Å². The first-order chi connectivity index (χ1) is 22.2. The van der Waals surface area contributed by atoms with E-state index in [1.54, 1.807) is 0 Å². The minimum absolute atomic E-state index is 0.0527. The van der Waals surface area contributed by atoms with Gasteiger partial charge >= 0.3 is 5.97 Å². The number of carbonyl (C=O) groups excluding carboxylic acids is 1. The number of hydrogen-bond donors (Lipinski definition) is 4. The Morgan fingerprint density at radius 2 is 1.45 bits per heavy atom. The number of carbonyl (C=O) groups is 1. The molecule has 1 aromatic rings. The number of fused-ring (bicyclic) bond motifs is 1. The number of rotatable bonds is 20. The van der Waals surface area contributed by atoms with Crippen LogP contribution in [0, 0.1) is 43.9 Å². The highest BCUT2D eigenvalue weighted by atomic mass is 16.6. The molecule has 3 rings (SSSR count). The summed E-state index contributed by atoms with van der Waals surface area (Å²) >= 11 is 0. The minimum Gasteiger partial charge on any atom is -0.499 e. The predicted molar refractivity (Wildman–Crippen MR) is 186 cm³/mol. The molecule has 1 heterocycles. The summed E-state index contributed by atoms with van der Waals surface area (Å²) in [6.07, 6.45) is 11.4. The standard InChI is InChI=1S/C39H64O8/c1-24(2)12-9-13-25(3)14-10-15-26(4)16-11-18-39(8)19-17-31-29(7)35(28(6)27(5)32(31)20-39)45-22-30(41)23-46-37-34(43)38(44)47-36(37)33(42)21-40/h24-26,30,33,36,40-43H,9-23H2,1-8H3/t25?,26?,30-,33+,36-,39?/m1/s1. The fourth-order valence-electron chi connectivity index (χ4n) is 7.45. The maximum absolute atomic E-state index is 11.7. The van der Waals surface area contributed by atoms with Gasteiger partial charge in [-0.05, 0) is 97.4 Å². The molecule has 268 valence electrons. The van der Waals surface area contributed by atoms with Gasteiger partial charge in [-0.25, -0.2) is 4.79 Å². The summed E-state index contributed by atoms with van der Waals surface area (Å²) in [6.45, 7) is 17.3. The highest BCUT2D eigenvalue weighted by molar-refractivity contribution is 5.89. The number of hydrogen-bond acceptors (Lipinski definition) is 8. The van der Waals surface area contributed by atoms with Crippen molar-refractivity contribution in [1.82, 2.24) is 0 Å². The van der Waals surface area contributed by atoms with E-state index in [4.69, 9.17) is 14.2 Å². The average molecular weight is 661 g/mol. The molecule has 4 N–H and O–H groups in total. The van der Waals surface area contributed by atoms with Gasteiger partial charge in [-0.1, -0.05) is 86.0 Å². The monoisotopic (exact) mass is 660 g/mol. The molecular weight excluding hydrogens is 596 g/mol. The molecule has 1 aromatic carbocycles. The van der Waals surface area contributed by atoms with E-state index in [2.05, 4.69) is 55.4 Å². The molecule has 6 atom stereocenters. The van der Waals surface area contributed by atoms with E-state index in [1.165, 1.54) is 74.5 Å². The van der Waals surface area contributed by atoms with E-state index in [1.807, 2.05) is 0 Å². The molecule has 0 amide bonds. The van der Waals surface area contributed by atoms with Crippen molar-refractivity contribution >= 4 is 5.97 Å². The Bertz CT molecular complexity index is 1210. The molecule has 8 heteroatoms. The maximum atomic E-state index is 11.7. The third-order valence-electron chi connectivity index (χ3n) is 10.8. The van der Waals surface area contributed by atoms with Crippen molar-refractivity contribution in [1.29, 1.82) is 0 Å². The molecule has 0 saturated carbocycles. The van der Waals surface area contributed by atoms with Gasteiger partial charge in [0.1, 0.15) is 31.2 Å². The Kier molecular flexibility index (Phi) is 14.9. The summed E-state index contributed by atoms with van der Waals surface area (Å²) in [5.74, 6) is 1.11. The molecule has 1 aliphatic heterocycles. The second kappa shape index (κ2) is 17.9. The molecule has 0 fully saturated rings. The lowest BCUT2D eigenvalue weighted by Crippen LogP contribution is -2.34. The SMILES string of the molecule is Cc1c(C)c(OC[C@@H](O)COC2=C(O)C(=O)O[C@@H]2[C@@H](O)CO)c(C)c2c1CC(C)(CCCC(C)CCCC(C)CCCC(C)C)CC2. The van der Waals surface area contributed by atoms with Crippen molar-refractivity contribution < 1.29 is 39.4 Å². The van der Waals surface area contributed by atoms with Crippen molar-refractivity contribution in [2.45, 2.75) is 151 Å². The van der Waals surface area contributed by atoms with Crippen LogP contribution in [0.15, 0.2) is 11.5 Å². The van der Waals surface area contributed by atoms with Gasteiger partial charge in [0, 0.05) is 0 Å². The molecule has 0 bridgehead atoms. The topological polar surface area (TPSA) is 126 Å². The summed E-state index contributed by atoms with van der Waals surface area (Å²) < 4.78 is 16.5. The first kappa shape index (κ1) is 39.2. The van der Waals surface area contributed by atoms with E-state index in [-0.39, 0.29) is 19.0 Å². The lowest BCUT2D eigenvalue weighted by Gasteiger charge is -2.38. The van der Waals surface area contributed by atoms with Crippen LogP contribution < -0.4 is 4.74 Å². The normalized spacial score (nSPS) is 22.2. The Balaban J connectivity index is 1.49. The van der Waals surface area contributed by atoms with E-state index < -0.39 is 36.6 Å². The van der Waals surface area contributed by atoms with Gasteiger partial charge in [-0.3, -0.25) is 0 Å². The van der Waals surface area contributed by atoms with Crippen LogP contribution in [0.4, 0.5) is 0 Å². The van der Waals surface area contributed by atoms with Gasteiger partial charge in [-0.15, -0.1) is 0 Å². The summed E-state index contributed by atoms with van der Waals surface area (Å²) in [5, 5.41) is 39.7. The third kappa shape index (κ3) is 10.9. The van der Waals surface area contributed by atoms with Crippen LogP contribution in [-0.4, -0.2) is 64.5 Å². The first-order valence-electron chi connectivity index (χ1n) is 18.2. The largest absolute Gasteiger partial charge is 0.499 e. The molecule has 0 aromatic heterocycles. The molecule has 47 heavy (non-hydrogen) atoms. The Morgan fingerprint density at radius 1 is 0.851 bits per heavy atom. The molecule has 8 nitrogen and oxygen atoms in total. The molecule has 2 aliphatic rings. The fraction of sp³-hybridized carbons (Fsp3) is 0.769. The number of aliphatic hydroxyl groups is 4. The lowest BCUT2D eigenvalue weighted by molar-refractivity contribution is -0.148. The minimum atomic E-state index is -1.45. The molecule has 0 saturated heterocycles. The number of aliphatic hydroxyl groups excluding tert-OH is 4. The smallest absolute Gasteiger partial charge is 0.378 e. The van der Waals surface area contributed by atoms with Crippen LogP contribution in [0.3, 0.4) is 0 Å². The third-order valence-corrected chi connectivity index (χ3v) is 10.8. The number of cyclic esters (lactones) is 1. The van der Waals surface area contributed by atoms with Gasteiger partial charge in [0.05, 0.1) is 6.61 Å². The van der Waals surface area contributed by atoms with Gasteiger partial charge in [0.25, 0.3) is 0 Å². The van der Waals surface area contributed by atoms with Crippen molar-refractivity contribution in [2.75, 3.05) is 19.8 Å². The molecule has 0 radical (unpaired) electrons. The van der Waals surface area contributed by atoms with Crippen LogP contribution >= 0.6 is 0 Å². The van der Waals surface area contributed by atoms with Crippen molar-refractivity contribution in [2.24, 2.45) is 23.2 Å². The van der Waals surface area contributed by atoms with E-state index >= 15 is 0 Å². The Morgan fingerprint density at radius 3 is 2.06 bits per heavy atom. The zero-order valence-corrected chi connectivity index (χ0v) is 30.5. The van der Waals surface area contributed by atoms with Crippen LogP contribution in [0.2, 0.25) is 0 Å². The number of esters is 1. The van der Waals surface area contributed by atoms with Crippen molar-refractivity contribution in [3.63, 3.8) is 0 Å². The Hall–Kier alpha value is -2.29. The average Bonchev–Trinajstić information content (AvgIpc) is 3.30. The molecule has 1 aliphatic carbocycles. The van der Waals surface area contributed by atoms with E-state index in [0.29, 0.717) is 5.41 Å². The van der Waals surface area contributed by atoms with Gasteiger partial charge in [0.2, 0.25) is 5.76 Å². The lowest BCUT2D eigenvalue weighted by atomic mass is 9.67. The highest BCUT2D eigenvalue weighted by Gasteiger charge is 2.41. The fourth-order valence-corrected chi connectivity index (χ4v) is 7.45. The zero-order valence-electron chi connectivity index (χ0n) is 30.5. The summed E-state index contributed by atoms with van der Waals surface area (Å²) in [6, 6.07) is 0. The molecule has 0 spiro atoms. The van der Waals surface area contributed by atoms with Crippen molar-refractivity contribution in [3.8, 4) is 5.75 Å². The maximum Gasteiger partial charge on any atom is 0.378 e. The Labute approximate surface area is 283 Å². The van der Waals surface area contributed by atoms with Gasteiger partial charge in [-0.2, -0.15) is 0 Å².